The number of hydrogen-bond donors (Lipinski definition) is 3. The molecule has 0 aliphatic rings. The highest BCUT2D eigenvalue weighted by molar-refractivity contribution is 7.91. The minimum absolute atomic E-state index is 0.127. The van der Waals surface area contributed by atoms with Gasteiger partial charge in [-0.1, -0.05) is 19.1 Å². The van der Waals surface area contributed by atoms with Crippen LogP contribution in [0.5, 0.6) is 5.88 Å². The summed E-state index contributed by atoms with van der Waals surface area (Å²) in [6, 6.07) is 13.4. The van der Waals surface area contributed by atoms with Gasteiger partial charge in [0.15, 0.2) is 9.84 Å². The lowest BCUT2D eigenvalue weighted by molar-refractivity contribution is 0.100. The Hall–Kier alpha value is -3.96. The van der Waals surface area contributed by atoms with Crippen LogP contribution in [0.15, 0.2) is 70.3 Å². The molecule has 0 fully saturated rings. The predicted molar refractivity (Wildman–Crippen MR) is 131 cm³/mol. The van der Waals surface area contributed by atoms with E-state index < -0.39 is 15.7 Å². The van der Waals surface area contributed by atoms with Crippen molar-refractivity contribution in [1.29, 1.82) is 0 Å². The molecular formula is C24H25N5O5S. The average Bonchev–Trinajstić information content (AvgIpc) is 3.27. The zero-order valence-electron chi connectivity index (χ0n) is 19.0. The van der Waals surface area contributed by atoms with Crippen LogP contribution in [0, 0.1) is 0 Å². The van der Waals surface area contributed by atoms with Gasteiger partial charge in [-0.25, -0.2) is 13.4 Å². The molecular weight excluding hydrogens is 470 g/mol. The van der Waals surface area contributed by atoms with Gasteiger partial charge in [0, 0.05) is 23.3 Å². The van der Waals surface area contributed by atoms with Gasteiger partial charge in [0.25, 0.3) is 5.91 Å². The first-order chi connectivity index (χ1) is 16.9. The van der Waals surface area contributed by atoms with Crippen LogP contribution in [0.1, 0.15) is 29.3 Å². The number of amides is 1. The number of hydrogen-bond acceptors (Lipinski definition) is 9. The van der Waals surface area contributed by atoms with Gasteiger partial charge < -0.3 is 25.5 Å². The lowest BCUT2D eigenvalue weighted by Crippen LogP contribution is -2.23. The normalized spacial score (nSPS) is 11.5. The fourth-order valence-corrected chi connectivity index (χ4v) is 4.53. The summed E-state index contributed by atoms with van der Waals surface area (Å²) in [5.41, 5.74) is 7.55. The second-order valence-corrected chi connectivity index (χ2v) is 9.75. The van der Waals surface area contributed by atoms with Gasteiger partial charge in [-0.05, 0) is 48.9 Å². The van der Waals surface area contributed by atoms with Crippen molar-refractivity contribution < 1.29 is 22.4 Å². The molecule has 2 heterocycles. The van der Waals surface area contributed by atoms with E-state index in [1.165, 1.54) is 12.5 Å². The van der Waals surface area contributed by atoms with Crippen molar-refractivity contribution in [3.63, 3.8) is 0 Å². The molecule has 0 radical (unpaired) electrons. The van der Waals surface area contributed by atoms with E-state index in [0.29, 0.717) is 34.6 Å². The fourth-order valence-electron chi connectivity index (χ4n) is 3.36. The summed E-state index contributed by atoms with van der Waals surface area (Å²) < 4.78 is 36.3. The maximum absolute atomic E-state index is 12.5. The molecule has 2 aromatic carbocycles. The van der Waals surface area contributed by atoms with Gasteiger partial charge in [0.05, 0.1) is 10.5 Å². The molecule has 11 heteroatoms. The Labute approximate surface area is 202 Å². The summed E-state index contributed by atoms with van der Waals surface area (Å²) in [5, 5.41) is 6.57. The van der Waals surface area contributed by atoms with Gasteiger partial charge in [0.1, 0.15) is 24.3 Å². The summed E-state index contributed by atoms with van der Waals surface area (Å²) in [7, 11) is -3.46. The first kappa shape index (κ1) is 24.2. The van der Waals surface area contributed by atoms with Gasteiger partial charge in [-0.2, -0.15) is 4.98 Å². The van der Waals surface area contributed by atoms with Crippen LogP contribution in [0.4, 0.5) is 11.6 Å². The number of sulfone groups is 1. The number of carbonyl (C=O) groups excluding carboxylic acids is 1. The molecule has 4 aromatic rings. The third-order valence-electron chi connectivity index (χ3n) is 5.09. The number of rotatable bonds is 11. The van der Waals surface area contributed by atoms with E-state index in [1.54, 1.807) is 42.5 Å². The number of nitrogens with one attached hydrogen (secondary N) is 2. The first-order valence-corrected chi connectivity index (χ1v) is 12.6. The molecule has 0 aliphatic carbocycles. The van der Waals surface area contributed by atoms with Crippen molar-refractivity contribution in [2.75, 3.05) is 17.7 Å². The smallest absolute Gasteiger partial charge is 0.252 e. The number of nitrogens with two attached hydrogens (primary N) is 1. The third-order valence-corrected chi connectivity index (χ3v) is 6.65. The van der Waals surface area contributed by atoms with Gasteiger partial charge in [-0.15, -0.1) is 0 Å². The highest BCUT2D eigenvalue weighted by atomic mass is 32.2. The molecule has 4 rings (SSSR count). The van der Waals surface area contributed by atoms with E-state index in [-0.39, 0.29) is 23.3 Å². The van der Waals surface area contributed by atoms with E-state index in [9.17, 15) is 13.2 Å². The standard InChI is InChI=1S/C24H25N5O5S/c1-2-9-26-15-35(31,32)18-5-3-4-17(12-18)28-24-27-10-8-22(29-24)34-13-16-6-7-19-20(23(25)30)14-33-21(19)11-16/h3-8,10-12,14,26H,2,9,13,15H2,1H3,(H2,25,30)(H,27,28,29). The van der Waals surface area contributed by atoms with Crippen molar-refractivity contribution in [3.05, 3.63) is 72.1 Å². The minimum Gasteiger partial charge on any atom is -0.473 e. The number of furan rings is 1. The van der Waals surface area contributed by atoms with Gasteiger partial charge in [0.2, 0.25) is 11.8 Å². The van der Waals surface area contributed by atoms with Crippen molar-refractivity contribution in [3.8, 4) is 5.88 Å². The Morgan fingerprint density at radius 2 is 2.03 bits per heavy atom. The zero-order chi connectivity index (χ0) is 24.8. The van der Waals surface area contributed by atoms with E-state index in [4.69, 9.17) is 14.9 Å². The third kappa shape index (κ3) is 5.94. The van der Waals surface area contributed by atoms with Crippen LogP contribution in [-0.2, 0) is 16.4 Å². The van der Waals surface area contributed by atoms with E-state index in [2.05, 4.69) is 20.6 Å². The number of fused-ring (bicyclic) bond motifs is 1. The zero-order valence-corrected chi connectivity index (χ0v) is 19.8. The van der Waals surface area contributed by atoms with Crippen molar-refractivity contribution in [2.24, 2.45) is 5.73 Å². The van der Waals surface area contributed by atoms with E-state index in [0.717, 1.165) is 12.0 Å². The minimum atomic E-state index is -3.46. The maximum atomic E-state index is 12.5. The number of aromatic nitrogens is 2. The summed E-state index contributed by atoms with van der Waals surface area (Å²) in [6.45, 7) is 2.81. The molecule has 0 saturated carbocycles. The molecule has 0 spiro atoms. The number of anilines is 2. The van der Waals surface area contributed by atoms with Crippen LogP contribution in [0.2, 0.25) is 0 Å². The largest absolute Gasteiger partial charge is 0.473 e. The fraction of sp³-hybridized carbons (Fsp3) is 0.208. The molecule has 35 heavy (non-hydrogen) atoms. The SMILES string of the molecule is CCCNCS(=O)(=O)c1cccc(Nc2nccc(OCc3ccc4c(C(N)=O)coc4c3)n2)c1. The Kier molecular flexibility index (Phi) is 7.28. The molecule has 182 valence electrons. The van der Waals surface area contributed by atoms with Crippen LogP contribution < -0.4 is 21.1 Å². The van der Waals surface area contributed by atoms with Crippen molar-refractivity contribution in [2.45, 2.75) is 24.8 Å². The molecule has 0 aliphatic heterocycles. The first-order valence-electron chi connectivity index (χ1n) is 10.9. The number of benzene rings is 2. The molecule has 0 saturated heterocycles. The highest BCUT2D eigenvalue weighted by Gasteiger charge is 2.15. The van der Waals surface area contributed by atoms with E-state index in [1.807, 2.05) is 13.0 Å². The monoisotopic (exact) mass is 495 g/mol. The van der Waals surface area contributed by atoms with Crippen molar-refractivity contribution >= 4 is 38.3 Å². The second kappa shape index (κ2) is 10.5. The molecule has 4 N–H and O–H groups in total. The maximum Gasteiger partial charge on any atom is 0.252 e. The molecule has 0 atom stereocenters. The van der Waals surface area contributed by atoms with E-state index >= 15 is 0 Å². The topological polar surface area (TPSA) is 149 Å². The average molecular weight is 496 g/mol. The summed E-state index contributed by atoms with van der Waals surface area (Å²) in [4.78, 5) is 20.2. The summed E-state index contributed by atoms with van der Waals surface area (Å²) >= 11 is 0. The number of carbonyl (C=O) groups is 1. The Balaban J connectivity index is 1.42. The Morgan fingerprint density at radius 3 is 2.83 bits per heavy atom. The van der Waals surface area contributed by atoms with Crippen LogP contribution in [0.25, 0.3) is 11.0 Å². The number of nitrogens with zero attached hydrogens (tertiary/aromatic N) is 2. The predicted octanol–water partition coefficient (Wildman–Crippen LogP) is 3.38. The van der Waals surface area contributed by atoms with Crippen molar-refractivity contribution in [1.82, 2.24) is 15.3 Å². The Morgan fingerprint density at radius 1 is 1.17 bits per heavy atom. The molecule has 2 aromatic heterocycles. The lowest BCUT2D eigenvalue weighted by Gasteiger charge is -2.10. The molecule has 10 nitrogen and oxygen atoms in total. The van der Waals surface area contributed by atoms with Gasteiger partial charge in [-0.3, -0.25) is 4.79 Å². The summed E-state index contributed by atoms with van der Waals surface area (Å²) in [5.74, 6) is -0.0937. The van der Waals surface area contributed by atoms with Gasteiger partial charge >= 0.3 is 0 Å². The molecule has 0 bridgehead atoms. The number of ether oxygens (including phenoxy) is 1. The van der Waals surface area contributed by atoms with Crippen LogP contribution >= 0.6 is 0 Å². The van der Waals surface area contributed by atoms with Crippen LogP contribution in [-0.4, -0.2) is 36.7 Å². The molecule has 1 amide bonds. The second-order valence-electron chi connectivity index (χ2n) is 7.76. The molecule has 0 unspecified atom stereocenters. The quantitative estimate of drug-likeness (QED) is 0.266. The lowest BCUT2D eigenvalue weighted by atomic mass is 10.1. The number of primary amides is 1. The Bertz CT molecular complexity index is 1450. The van der Waals surface area contributed by atoms with Crippen LogP contribution in [0.3, 0.4) is 0 Å². The summed E-state index contributed by atoms with van der Waals surface area (Å²) in [6.07, 6.45) is 3.72. The highest BCUT2D eigenvalue weighted by Crippen LogP contribution is 2.23.